The average Bonchev–Trinajstić information content (AvgIpc) is 3.14. The maximum Gasteiger partial charge on any atom is 3.00 e. The van der Waals surface area contributed by atoms with E-state index in [1.54, 1.807) is 0 Å². The minimum atomic E-state index is -6.00. The van der Waals surface area contributed by atoms with Crippen molar-refractivity contribution in [3.63, 3.8) is 0 Å². The van der Waals surface area contributed by atoms with E-state index in [-0.39, 0.29) is 23.0 Å². The van der Waals surface area contributed by atoms with Gasteiger partial charge in [-0.05, 0) is 12.8 Å². The van der Waals surface area contributed by atoms with Crippen molar-refractivity contribution < 1.29 is 92.8 Å². The van der Waals surface area contributed by atoms with E-state index in [4.69, 9.17) is 14.4 Å². The molecular formula is C12H18B3F12FeO5. The minimum Gasteiger partial charge on any atom is -0.469 e. The summed E-state index contributed by atoms with van der Waals surface area (Å²) >= 11 is 0. The van der Waals surface area contributed by atoms with Crippen LogP contribution in [-0.4, -0.2) is 55.2 Å². The summed E-state index contributed by atoms with van der Waals surface area (Å²) in [4.78, 5) is 34.7. The van der Waals surface area contributed by atoms with Crippen LogP contribution in [0.3, 0.4) is 0 Å². The van der Waals surface area contributed by atoms with Crippen molar-refractivity contribution in [2.45, 2.75) is 19.3 Å². The van der Waals surface area contributed by atoms with Gasteiger partial charge in [-0.15, -0.1) is 0 Å². The number of rotatable bonds is 3. The van der Waals surface area contributed by atoms with Crippen LogP contribution in [0.2, 0.25) is 0 Å². The number of hydrogen-bond acceptors (Lipinski definition) is 5. The van der Waals surface area contributed by atoms with Crippen LogP contribution in [0.4, 0.5) is 51.8 Å². The normalized spacial score (nSPS) is 10.8. The van der Waals surface area contributed by atoms with E-state index in [0.29, 0.717) is 6.42 Å². The maximum absolute atomic E-state index is 10.7. The van der Waals surface area contributed by atoms with E-state index in [1.807, 2.05) is 26.4 Å². The molecule has 21 heteroatoms. The Hall–Kier alpha value is -2.17. The molecule has 0 amide bonds. The number of carbonyl (C=O) groups is 4. The Balaban J connectivity index is -0.0000000533. The van der Waals surface area contributed by atoms with Crippen LogP contribution in [0, 0.1) is 0 Å². The molecule has 1 aliphatic rings. The Morgan fingerprint density at radius 2 is 1.06 bits per heavy atom. The van der Waals surface area contributed by atoms with Gasteiger partial charge in [0, 0.05) is 6.42 Å². The van der Waals surface area contributed by atoms with Crippen LogP contribution in [0.5, 0.6) is 0 Å². The summed E-state index contributed by atoms with van der Waals surface area (Å²) in [6, 6.07) is 0. The fraction of sp³-hybridized carbons (Fsp3) is 0.333. The molecule has 5 nitrogen and oxygen atoms in total. The summed E-state index contributed by atoms with van der Waals surface area (Å²) in [6.45, 7) is 6.00. The fourth-order valence-electron chi connectivity index (χ4n) is 1.04. The Morgan fingerprint density at radius 1 is 0.788 bits per heavy atom. The summed E-state index contributed by atoms with van der Waals surface area (Å²) in [6.07, 6.45) is 8.50. The second-order valence-corrected chi connectivity index (χ2v) is 4.02. The predicted molar refractivity (Wildman–Crippen MR) is 95.0 cm³/mol. The molecule has 1 aliphatic carbocycles. The zero-order valence-corrected chi connectivity index (χ0v) is 17.7. The van der Waals surface area contributed by atoms with Gasteiger partial charge in [-0.3, -0.25) is 4.79 Å². The molecule has 0 unspecified atom stereocenters. The Morgan fingerprint density at radius 3 is 1.24 bits per heavy atom. The molecule has 0 N–H and O–H groups in total. The zero-order chi connectivity index (χ0) is 27.6. The zero-order valence-electron chi connectivity index (χ0n) is 16.6. The minimum absolute atomic E-state index is 0. The number of methoxy groups -OCH3 is 1. The van der Waals surface area contributed by atoms with Crippen LogP contribution in [0.25, 0.3) is 0 Å². The number of esters is 1. The molecule has 0 aromatic heterocycles. The van der Waals surface area contributed by atoms with Gasteiger partial charge in [-0.1, -0.05) is 23.8 Å². The summed E-state index contributed by atoms with van der Waals surface area (Å²) < 4.78 is 122. The van der Waals surface area contributed by atoms with E-state index in [0.717, 1.165) is 12.8 Å². The Kier molecular flexibility index (Phi) is 43.7. The average molecular weight is 559 g/mol. The van der Waals surface area contributed by atoms with Crippen LogP contribution in [0.15, 0.2) is 23.8 Å². The van der Waals surface area contributed by atoms with E-state index in [1.165, 1.54) is 12.7 Å². The largest absolute Gasteiger partial charge is 3.00 e. The topological polar surface area (TPSA) is 77.5 Å². The smallest absolute Gasteiger partial charge is 0.469 e. The van der Waals surface area contributed by atoms with Gasteiger partial charge < -0.3 is 70.9 Å². The van der Waals surface area contributed by atoms with Gasteiger partial charge in [0.05, 0.1) is 7.11 Å². The van der Waals surface area contributed by atoms with Gasteiger partial charge in [-0.2, -0.15) is 0 Å². The third kappa shape index (κ3) is 165. The molecule has 0 heterocycles. The second-order valence-electron chi connectivity index (χ2n) is 4.02. The number of ether oxygens (including phenoxy) is 1. The van der Waals surface area contributed by atoms with Crippen LogP contribution >= 0.6 is 0 Å². The molecule has 1 radical (unpaired) electrons. The van der Waals surface area contributed by atoms with Gasteiger partial charge >= 0.3 is 44.8 Å². The fourth-order valence-corrected chi connectivity index (χ4v) is 1.04. The SMILES string of the molecule is C=O.C=O.C=O.COC(=O)CCC1=CC=CC1.F[B-](F)(F)F.F[B-](F)(F)F.F[B-](F)(F)F.[Fe+3]. The second kappa shape index (κ2) is 29.8. The summed E-state index contributed by atoms with van der Waals surface area (Å²) in [5, 5.41) is 0. The molecule has 33 heavy (non-hydrogen) atoms. The molecule has 0 aliphatic heterocycles. The molecule has 0 aromatic rings. The standard InChI is InChI=1S/C9H12O2.3CH2O.3BF4.Fe/c1-11-9(10)7-6-8-4-2-3-5-8;3*1-2;3*2-1(3,4)5;/h2-4H,5-7H2,1H3;3*1H2;;;;/q;;;;3*-1;+3. The molecule has 0 saturated heterocycles. The Labute approximate surface area is 191 Å². The summed E-state index contributed by atoms with van der Waals surface area (Å²) in [5.74, 6) is -0.127. The van der Waals surface area contributed by atoms with Gasteiger partial charge in [0.25, 0.3) is 0 Å². The molecule has 0 spiro atoms. The molecule has 197 valence electrons. The van der Waals surface area contributed by atoms with Gasteiger partial charge in [-0.25, -0.2) is 0 Å². The van der Waals surface area contributed by atoms with E-state index in [2.05, 4.69) is 16.9 Å². The van der Waals surface area contributed by atoms with E-state index < -0.39 is 21.8 Å². The molecule has 0 fully saturated rings. The first-order valence-electron chi connectivity index (χ1n) is 7.23. The third-order valence-electron chi connectivity index (χ3n) is 1.73. The van der Waals surface area contributed by atoms with Crippen molar-refractivity contribution in [2.75, 3.05) is 7.11 Å². The number of carbonyl (C=O) groups excluding carboxylic acids is 4. The van der Waals surface area contributed by atoms with Crippen molar-refractivity contribution in [2.24, 2.45) is 0 Å². The first-order chi connectivity index (χ1) is 14.3. The van der Waals surface area contributed by atoms with Crippen LogP contribution in [-0.2, 0) is 41.0 Å². The first kappa shape index (κ1) is 48.3. The monoisotopic (exact) mass is 559 g/mol. The van der Waals surface area contributed by atoms with Gasteiger partial charge in [0.15, 0.2) is 0 Å². The van der Waals surface area contributed by atoms with E-state index in [9.17, 15) is 56.6 Å². The Bertz CT molecular complexity index is 451. The predicted octanol–water partition coefficient (Wildman–Crippen LogP) is 5.17. The van der Waals surface area contributed by atoms with Crippen molar-refractivity contribution in [1.29, 1.82) is 0 Å². The molecule has 0 atom stereocenters. The molecule has 0 saturated carbocycles. The van der Waals surface area contributed by atoms with Crippen LogP contribution < -0.4 is 0 Å². The third-order valence-corrected chi connectivity index (χ3v) is 1.73. The maximum atomic E-state index is 10.7. The quantitative estimate of drug-likeness (QED) is 0.272. The van der Waals surface area contributed by atoms with Gasteiger partial charge in [0.1, 0.15) is 20.4 Å². The number of halogens is 12. The molecule has 1 rings (SSSR count). The van der Waals surface area contributed by atoms with Crippen molar-refractivity contribution in [3.05, 3.63) is 23.8 Å². The van der Waals surface area contributed by atoms with Crippen molar-refractivity contribution >= 4 is 48.1 Å². The number of allylic oxidation sites excluding steroid dienone is 4. The molecule has 0 bridgehead atoms. The van der Waals surface area contributed by atoms with Crippen LogP contribution in [0.1, 0.15) is 19.3 Å². The van der Waals surface area contributed by atoms with Crippen molar-refractivity contribution in [1.82, 2.24) is 0 Å². The first-order valence-corrected chi connectivity index (χ1v) is 7.23. The van der Waals surface area contributed by atoms with Crippen molar-refractivity contribution in [3.8, 4) is 0 Å². The number of hydrogen-bond donors (Lipinski definition) is 0. The molecular weight excluding hydrogens is 540 g/mol. The molecule has 0 aromatic carbocycles. The van der Waals surface area contributed by atoms with E-state index >= 15 is 0 Å². The summed E-state index contributed by atoms with van der Waals surface area (Å²) in [5.41, 5.74) is 1.32. The summed E-state index contributed by atoms with van der Waals surface area (Å²) in [7, 11) is -16.6. The van der Waals surface area contributed by atoms with Gasteiger partial charge in [0.2, 0.25) is 0 Å².